The van der Waals surface area contributed by atoms with E-state index in [-0.39, 0.29) is 17.1 Å². The van der Waals surface area contributed by atoms with E-state index in [9.17, 15) is 0 Å². The second-order valence-corrected chi connectivity index (χ2v) is 12.5. The molecule has 0 saturated heterocycles. The van der Waals surface area contributed by atoms with E-state index in [0.29, 0.717) is 23.7 Å². The van der Waals surface area contributed by atoms with Crippen LogP contribution >= 0.6 is 0 Å². The van der Waals surface area contributed by atoms with E-state index in [2.05, 4.69) is 112 Å². The molecule has 45 heavy (non-hydrogen) atoms. The Labute approximate surface area is 282 Å². The van der Waals surface area contributed by atoms with Crippen molar-refractivity contribution in [1.82, 2.24) is 4.98 Å². The standard InChI is InChI=1S/C33H43N3.C7H7N.Fe/c1-20(2)26-14-11-15-27(21(3)4)32(26)34-24(9)30-18-13-19-31(36-30)25(10)35-33-28(22(5)6)16-12-17-29(33)23(7)8;8-6-7-4-2-1-3-5-7;/h11-23H,1-10H3;1-6,8H;. The molecular formula is C40H50FeN4. The Morgan fingerprint density at radius 2 is 0.867 bits per heavy atom. The summed E-state index contributed by atoms with van der Waals surface area (Å²) in [6.45, 7) is 22.0. The largest absolute Gasteiger partial charge is 0.308 e. The van der Waals surface area contributed by atoms with Crippen LogP contribution in [-0.4, -0.2) is 22.6 Å². The Bertz CT molecular complexity index is 1450. The zero-order valence-electron chi connectivity index (χ0n) is 28.7. The van der Waals surface area contributed by atoms with Crippen LogP contribution in [0.1, 0.15) is 132 Å². The maximum atomic E-state index is 6.82. The van der Waals surface area contributed by atoms with E-state index in [1.54, 1.807) is 0 Å². The topological polar surface area (TPSA) is 61.5 Å². The molecule has 0 unspecified atom stereocenters. The minimum atomic E-state index is 0. The van der Waals surface area contributed by atoms with Gasteiger partial charge >= 0.3 is 0 Å². The van der Waals surface area contributed by atoms with Gasteiger partial charge in [-0.25, -0.2) is 4.98 Å². The predicted molar refractivity (Wildman–Crippen MR) is 192 cm³/mol. The van der Waals surface area contributed by atoms with E-state index >= 15 is 0 Å². The van der Waals surface area contributed by atoms with Gasteiger partial charge in [-0.3, -0.25) is 9.98 Å². The van der Waals surface area contributed by atoms with Crippen molar-refractivity contribution in [3.63, 3.8) is 0 Å². The van der Waals surface area contributed by atoms with E-state index in [4.69, 9.17) is 20.4 Å². The second-order valence-electron chi connectivity index (χ2n) is 12.5. The maximum absolute atomic E-state index is 6.82. The van der Waals surface area contributed by atoms with E-state index < -0.39 is 0 Å². The van der Waals surface area contributed by atoms with Gasteiger partial charge < -0.3 is 5.41 Å². The first kappa shape index (κ1) is 37.5. The van der Waals surface area contributed by atoms with Crippen molar-refractivity contribution < 1.29 is 17.1 Å². The third-order valence-electron chi connectivity index (χ3n) is 7.70. The molecule has 0 radical (unpaired) electrons. The molecule has 0 spiro atoms. The van der Waals surface area contributed by atoms with Crippen LogP contribution in [0.15, 0.2) is 94.9 Å². The third kappa shape index (κ3) is 10.2. The molecule has 1 heterocycles. The monoisotopic (exact) mass is 642 g/mol. The minimum absolute atomic E-state index is 0. The molecule has 238 valence electrons. The van der Waals surface area contributed by atoms with E-state index in [1.807, 2.05) is 42.5 Å². The fraction of sp³-hybridized carbons (Fsp3) is 0.350. The summed E-state index contributed by atoms with van der Waals surface area (Å²) in [5.74, 6) is 1.61. The van der Waals surface area contributed by atoms with Crippen LogP contribution in [0.2, 0.25) is 0 Å². The van der Waals surface area contributed by atoms with Gasteiger partial charge in [0.25, 0.3) is 0 Å². The zero-order chi connectivity index (χ0) is 32.4. The average Bonchev–Trinajstić information content (AvgIpc) is 3.01. The fourth-order valence-electron chi connectivity index (χ4n) is 5.12. The zero-order valence-corrected chi connectivity index (χ0v) is 29.8. The summed E-state index contributed by atoms with van der Waals surface area (Å²) in [7, 11) is 0. The smallest absolute Gasteiger partial charge is 0.0849 e. The number of rotatable bonds is 9. The first-order valence-corrected chi connectivity index (χ1v) is 15.8. The molecule has 0 aliphatic rings. The van der Waals surface area contributed by atoms with Gasteiger partial charge in [-0.15, -0.1) is 0 Å². The first-order chi connectivity index (χ1) is 20.9. The van der Waals surface area contributed by atoms with E-state index in [1.165, 1.54) is 28.5 Å². The first-order valence-electron chi connectivity index (χ1n) is 15.8. The van der Waals surface area contributed by atoms with Gasteiger partial charge in [-0.2, -0.15) is 0 Å². The maximum Gasteiger partial charge on any atom is 0.0849 e. The Balaban J connectivity index is 0.000000681. The molecular weight excluding hydrogens is 592 g/mol. The normalized spacial score (nSPS) is 11.9. The Morgan fingerprint density at radius 3 is 1.16 bits per heavy atom. The average molecular weight is 643 g/mol. The summed E-state index contributed by atoms with van der Waals surface area (Å²) in [6.07, 6.45) is 1.33. The van der Waals surface area contributed by atoms with Crippen LogP contribution in [0.5, 0.6) is 0 Å². The van der Waals surface area contributed by atoms with Crippen LogP contribution in [-0.2, 0) is 17.1 Å². The number of hydrogen-bond donors (Lipinski definition) is 1. The summed E-state index contributed by atoms with van der Waals surface area (Å²) < 4.78 is 0. The van der Waals surface area contributed by atoms with Crippen LogP contribution < -0.4 is 0 Å². The van der Waals surface area contributed by atoms with Gasteiger partial charge in [-0.05, 0) is 77.5 Å². The van der Waals surface area contributed by atoms with Crippen molar-refractivity contribution in [1.29, 1.82) is 5.41 Å². The molecule has 1 N–H and O–H groups in total. The number of aliphatic imine (C=N–C) groups is 2. The summed E-state index contributed by atoms with van der Waals surface area (Å²) in [6, 6.07) is 28.8. The van der Waals surface area contributed by atoms with Crippen LogP contribution in [0.3, 0.4) is 0 Å². The van der Waals surface area contributed by atoms with Crippen molar-refractivity contribution in [2.75, 3.05) is 0 Å². The fourth-order valence-corrected chi connectivity index (χ4v) is 5.12. The van der Waals surface area contributed by atoms with Crippen molar-refractivity contribution in [2.24, 2.45) is 9.98 Å². The number of nitrogens with zero attached hydrogens (tertiary/aromatic N) is 3. The molecule has 1 aromatic heterocycles. The van der Waals surface area contributed by atoms with Gasteiger partial charge in [0.05, 0.1) is 34.2 Å². The van der Waals surface area contributed by atoms with Crippen molar-refractivity contribution in [2.45, 2.75) is 92.9 Å². The predicted octanol–water partition coefficient (Wildman–Crippen LogP) is 11.5. The van der Waals surface area contributed by atoms with Gasteiger partial charge in [0.1, 0.15) is 0 Å². The summed E-state index contributed by atoms with van der Waals surface area (Å²) in [5, 5.41) is 6.82. The van der Waals surface area contributed by atoms with Gasteiger partial charge in [0.2, 0.25) is 0 Å². The Hall–Kier alpha value is -3.66. The number of nitrogens with one attached hydrogen (secondary N) is 1. The molecule has 0 atom stereocenters. The number of pyridine rings is 1. The summed E-state index contributed by atoms with van der Waals surface area (Å²) in [5.41, 5.74) is 11.9. The molecule has 5 heteroatoms. The molecule has 3 aromatic carbocycles. The summed E-state index contributed by atoms with van der Waals surface area (Å²) in [4.78, 5) is 15.3. The quantitative estimate of drug-likeness (QED) is 0.143. The summed E-state index contributed by atoms with van der Waals surface area (Å²) >= 11 is 0. The molecule has 0 amide bonds. The molecule has 0 aliphatic heterocycles. The SMILES string of the molecule is CC(=Nc1c(C(C)C)cccc1C(C)C)c1cccc(C(C)=Nc2c(C(C)C)cccc2C(C)C)n1.N=Cc1ccccc1.[Fe]. The van der Waals surface area contributed by atoms with Crippen molar-refractivity contribution in [3.8, 4) is 0 Å². The third-order valence-corrected chi connectivity index (χ3v) is 7.70. The number of benzene rings is 3. The molecule has 0 aliphatic carbocycles. The molecule has 0 fully saturated rings. The van der Waals surface area contributed by atoms with E-state index in [0.717, 1.165) is 39.7 Å². The minimum Gasteiger partial charge on any atom is -0.308 e. The Kier molecular flexibility index (Phi) is 14.8. The second kappa shape index (κ2) is 17.7. The van der Waals surface area contributed by atoms with Crippen molar-refractivity contribution in [3.05, 3.63) is 124 Å². The molecule has 0 bridgehead atoms. The molecule has 4 nitrogen and oxygen atoms in total. The number of para-hydroxylation sites is 2. The Morgan fingerprint density at radius 1 is 0.533 bits per heavy atom. The number of hydrogen-bond acceptors (Lipinski definition) is 4. The van der Waals surface area contributed by atoms with Gasteiger partial charge in [-0.1, -0.05) is 128 Å². The van der Waals surface area contributed by atoms with Crippen LogP contribution in [0.4, 0.5) is 11.4 Å². The van der Waals surface area contributed by atoms with Crippen LogP contribution in [0, 0.1) is 5.41 Å². The van der Waals surface area contributed by atoms with Crippen molar-refractivity contribution >= 4 is 29.0 Å². The number of aromatic nitrogens is 1. The molecule has 0 saturated carbocycles. The molecule has 4 aromatic rings. The molecule has 4 rings (SSSR count). The van der Waals surface area contributed by atoms with Crippen LogP contribution in [0.25, 0.3) is 0 Å². The van der Waals surface area contributed by atoms with Gasteiger partial charge in [0.15, 0.2) is 0 Å². The van der Waals surface area contributed by atoms with Gasteiger partial charge in [0, 0.05) is 23.3 Å².